The summed E-state index contributed by atoms with van der Waals surface area (Å²) < 4.78 is 40.1. The Balaban J connectivity index is 1.65. The molecule has 0 radical (unpaired) electrons. The molecule has 1 aromatic heterocycles. The van der Waals surface area contributed by atoms with E-state index < -0.39 is 22.3 Å². The minimum atomic E-state index is -3.75. The second-order valence-corrected chi connectivity index (χ2v) is 8.76. The summed E-state index contributed by atoms with van der Waals surface area (Å²) in [6.07, 6.45) is 0.817. The summed E-state index contributed by atoms with van der Waals surface area (Å²) >= 11 is 0. The summed E-state index contributed by atoms with van der Waals surface area (Å²) in [6, 6.07) is 15.8. The number of hydrogen-bond acceptors (Lipinski definition) is 8. The van der Waals surface area contributed by atoms with Crippen molar-refractivity contribution in [3.8, 4) is 17.1 Å². The molecule has 1 atom stereocenters. The Morgan fingerprint density at radius 3 is 2.53 bits per heavy atom. The van der Waals surface area contributed by atoms with Gasteiger partial charge in [0.2, 0.25) is 11.7 Å². The lowest BCUT2D eigenvalue weighted by atomic mass is 10.1. The Morgan fingerprint density at radius 1 is 1.12 bits per heavy atom. The van der Waals surface area contributed by atoms with E-state index >= 15 is 0 Å². The van der Waals surface area contributed by atoms with Gasteiger partial charge in [-0.2, -0.15) is 13.4 Å². The van der Waals surface area contributed by atoms with Gasteiger partial charge in [0, 0.05) is 12.1 Å². The first-order chi connectivity index (χ1) is 16.3. The lowest BCUT2D eigenvalue weighted by molar-refractivity contribution is 0.132. The lowest BCUT2D eigenvalue weighted by Crippen LogP contribution is -2.32. The molecule has 0 bridgehead atoms. The molecule has 0 spiro atoms. The molecular weight excluding hydrogens is 462 g/mol. The molecule has 0 aliphatic rings. The minimum Gasteiger partial charge on any atom is -0.497 e. The number of hydrogen-bond donors (Lipinski definition) is 3. The predicted octanol–water partition coefficient (Wildman–Crippen LogP) is 2.68. The van der Waals surface area contributed by atoms with Crippen LogP contribution in [0.15, 0.2) is 59.1 Å². The number of carbonyl (C=O) groups is 1. The van der Waals surface area contributed by atoms with Crippen LogP contribution in [0.5, 0.6) is 5.75 Å². The molecule has 11 nitrogen and oxygen atoms in total. The zero-order chi connectivity index (χ0) is 24.4. The van der Waals surface area contributed by atoms with E-state index in [0.29, 0.717) is 30.8 Å². The second-order valence-electron chi connectivity index (χ2n) is 7.38. The summed E-state index contributed by atoms with van der Waals surface area (Å²) in [4.78, 5) is 16.8. The molecule has 0 aliphatic heterocycles. The third-order valence-corrected chi connectivity index (χ3v) is 5.42. The third-order valence-electron chi connectivity index (χ3n) is 4.82. The van der Waals surface area contributed by atoms with Gasteiger partial charge in [-0.05, 0) is 49.1 Å². The first kappa shape index (κ1) is 25.1. The van der Waals surface area contributed by atoms with E-state index in [9.17, 15) is 13.2 Å². The van der Waals surface area contributed by atoms with Gasteiger partial charge in [0.15, 0.2) is 0 Å². The van der Waals surface area contributed by atoms with Crippen LogP contribution in [0, 0.1) is 0 Å². The second kappa shape index (κ2) is 12.1. The highest BCUT2D eigenvalue weighted by molar-refractivity contribution is 7.87. The maximum absolute atomic E-state index is 12.4. The van der Waals surface area contributed by atoms with Crippen molar-refractivity contribution >= 4 is 16.3 Å². The number of carbonyl (C=O) groups excluding carboxylic acids is 1. The van der Waals surface area contributed by atoms with E-state index in [1.165, 1.54) is 0 Å². The number of unbranched alkanes of at least 4 members (excludes halogenated alkanes) is 1. The Hall–Kier alpha value is -3.48. The number of methoxy groups -OCH3 is 1. The maximum atomic E-state index is 12.4. The van der Waals surface area contributed by atoms with Gasteiger partial charge >= 0.3 is 6.09 Å². The fourth-order valence-electron chi connectivity index (χ4n) is 3.09. The first-order valence-corrected chi connectivity index (χ1v) is 12.1. The Kier molecular flexibility index (Phi) is 8.96. The van der Waals surface area contributed by atoms with Crippen LogP contribution in [0.2, 0.25) is 0 Å². The monoisotopic (exact) mass is 489 g/mol. The average Bonchev–Trinajstić information content (AvgIpc) is 3.32. The van der Waals surface area contributed by atoms with Crippen molar-refractivity contribution in [3.05, 3.63) is 66.1 Å². The predicted molar refractivity (Wildman–Crippen MR) is 124 cm³/mol. The molecule has 3 rings (SSSR count). The molecule has 0 saturated heterocycles. The summed E-state index contributed by atoms with van der Waals surface area (Å²) in [5.74, 6) is 1.26. The average molecular weight is 490 g/mol. The van der Waals surface area contributed by atoms with Gasteiger partial charge < -0.3 is 19.3 Å². The van der Waals surface area contributed by atoms with E-state index in [0.717, 1.165) is 11.1 Å². The summed E-state index contributed by atoms with van der Waals surface area (Å²) in [7, 11) is -2.18. The molecule has 0 unspecified atom stereocenters. The molecule has 0 aliphatic carbocycles. The largest absolute Gasteiger partial charge is 0.497 e. The van der Waals surface area contributed by atoms with E-state index in [2.05, 4.69) is 20.2 Å². The summed E-state index contributed by atoms with van der Waals surface area (Å²) in [6.45, 7) is 0.281. The Bertz CT molecular complexity index is 1150. The highest BCUT2D eigenvalue weighted by Gasteiger charge is 2.22. The van der Waals surface area contributed by atoms with Crippen LogP contribution < -0.4 is 19.9 Å². The van der Waals surface area contributed by atoms with E-state index in [1.807, 2.05) is 30.3 Å². The van der Waals surface area contributed by atoms with Crippen molar-refractivity contribution in [2.24, 2.45) is 5.14 Å². The van der Waals surface area contributed by atoms with Crippen LogP contribution in [0.25, 0.3) is 11.4 Å². The maximum Gasteiger partial charge on any atom is 0.408 e. The quantitative estimate of drug-likeness (QED) is 0.328. The highest BCUT2D eigenvalue weighted by atomic mass is 32.2. The number of aromatic nitrogens is 2. The van der Waals surface area contributed by atoms with Crippen molar-refractivity contribution in [1.29, 1.82) is 0 Å². The van der Waals surface area contributed by atoms with Gasteiger partial charge in [-0.15, -0.1) is 0 Å². The number of benzene rings is 2. The molecule has 2 aromatic carbocycles. The van der Waals surface area contributed by atoms with Gasteiger partial charge in [-0.25, -0.2) is 14.7 Å². The van der Waals surface area contributed by atoms with E-state index in [4.69, 9.17) is 19.1 Å². The van der Waals surface area contributed by atoms with Crippen LogP contribution in [0.4, 0.5) is 4.79 Å². The molecule has 0 fully saturated rings. The molecule has 182 valence electrons. The Morgan fingerprint density at radius 2 is 1.85 bits per heavy atom. The number of nitrogens with zero attached hydrogens (tertiary/aromatic N) is 2. The first-order valence-electron chi connectivity index (χ1n) is 10.6. The SMILES string of the molecule is COc1ccc(-c2noc([C@H](CCCCNS(N)(=O)=O)NC(=O)OCc3ccccc3)n2)cc1. The van der Waals surface area contributed by atoms with E-state index in [-0.39, 0.29) is 19.0 Å². The summed E-state index contributed by atoms with van der Waals surface area (Å²) in [5, 5.41) is 11.7. The van der Waals surface area contributed by atoms with Crippen LogP contribution in [0.3, 0.4) is 0 Å². The van der Waals surface area contributed by atoms with Crippen molar-refractivity contribution < 1.29 is 27.2 Å². The molecule has 0 saturated carbocycles. The topological polar surface area (TPSA) is 159 Å². The number of amides is 1. The van der Waals surface area contributed by atoms with Crippen molar-refractivity contribution in [2.75, 3.05) is 13.7 Å². The van der Waals surface area contributed by atoms with Gasteiger partial charge in [0.1, 0.15) is 18.4 Å². The van der Waals surface area contributed by atoms with Crippen molar-refractivity contribution in [1.82, 2.24) is 20.2 Å². The standard InChI is InChI=1S/C22H27N5O6S/c1-31-18-12-10-17(11-13-18)20-26-21(33-27-20)19(9-5-6-14-24-34(23,29)30)25-22(28)32-15-16-7-3-2-4-8-16/h2-4,7-8,10-13,19,24H,5-6,9,14-15H2,1H3,(H,25,28)(H2,23,29,30)/t19-/m0/s1. The molecule has 1 amide bonds. The number of rotatable bonds is 12. The fourth-order valence-corrected chi connectivity index (χ4v) is 3.52. The highest BCUT2D eigenvalue weighted by Crippen LogP contribution is 2.24. The summed E-state index contributed by atoms with van der Waals surface area (Å²) in [5.41, 5.74) is 1.57. The molecular formula is C22H27N5O6S. The zero-order valence-corrected chi connectivity index (χ0v) is 19.5. The normalized spacial score (nSPS) is 12.2. The van der Waals surface area contributed by atoms with Gasteiger partial charge in [-0.1, -0.05) is 35.5 Å². The fraction of sp³-hybridized carbons (Fsp3) is 0.318. The van der Waals surface area contributed by atoms with Crippen molar-refractivity contribution in [3.63, 3.8) is 0 Å². The number of ether oxygens (including phenoxy) is 2. The van der Waals surface area contributed by atoms with Gasteiger partial charge in [-0.3, -0.25) is 0 Å². The van der Waals surface area contributed by atoms with Crippen LogP contribution >= 0.6 is 0 Å². The molecule has 3 aromatic rings. The zero-order valence-electron chi connectivity index (χ0n) is 18.6. The number of nitrogens with two attached hydrogens (primary N) is 1. The van der Waals surface area contributed by atoms with Gasteiger partial charge in [0.25, 0.3) is 10.2 Å². The van der Waals surface area contributed by atoms with Crippen LogP contribution in [-0.2, 0) is 21.6 Å². The Labute approximate surface area is 197 Å². The number of nitrogens with one attached hydrogen (secondary N) is 2. The van der Waals surface area contributed by atoms with Crippen LogP contribution in [0.1, 0.15) is 36.8 Å². The number of alkyl carbamates (subject to hydrolysis) is 1. The molecule has 34 heavy (non-hydrogen) atoms. The smallest absolute Gasteiger partial charge is 0.408 e. The van der Waals surface area contributed by atoms with Crippen molar-refractivity contribution in [2.45, 2.75) is 31.9 Å². The minimum absolute atomic E-state index is 0.110. The molecule has 12 heteroatoms. The third kappa shape index (κ3) is 8.14. The van der Waals surface area contributed by atoms with Gasteiger partial charge in [0.05, 0.1) is 7.11 Å². The molecule has 1 heterocycles. The van der Waals surface area contributed by atoms with E-state index in [1.54, 1.807) is 31.4 Å². The van der Waals surface area contributed by atoms with Crippen LogP contribution in [-0.4, -0.2) is 38.3 Å². The lowest BCUT2D eigenvalue weighted by Gasteiger charge is -2.15. The molecule has 4 N–H and O–H groups in total.